The van der Waals surface area contributed by atoms with Crippen LogP contribution in [0.5, 0.6) is 0 Å². The Morgan fingerprint density at radius 2 is 1.55 bits per heavy atom. The van der Waals surface area contributed by atoms with Gasteiger partial charge in [0.15, 0.2) is 0 Å². The minimum atomic E-state index is -0.866. The van der Waals surface area contributed by atoms with E-state index < -0.39 is 5.54 Å². The molecule has 110 valence electrons. The smallest absolute Gasteiger partial charge is 0.278 e. The molecule has 0 bridgehead atoms. The Bertz CT molecular complexity index is 761. The highest BCUT2D eigenvalue weighted by Gasteiger charge is 2.56. The molecular formula is C17H13ClN2O2. The number of amides is 3. The van der Waals surface area contributed by atoms with Crippen LogP contribution in [0.25, 0.3) is 0 Å². The number of anilines is 1. The van der Waals surface area contributed by atoms with Crippen LogP contribution in [0.15, 0.2) is 48.5 Å². The third-order valence-electron chi connectivity index (χ3n) is 4.44. The zero-order chi connectivity index (χ0) is 15.3. The summed E-state index contributed by atoms with van der Waals surface area (Å²) in [5.41, 5.74) is 2.05. The van der Waals surface area contributed by atoms with Crippen molar-refractivity contribution in [2.45, 2.75) is 18.4 Å². The van der Waals surface area contributed by atoms with E-state index in [-0.39, 0.29) is 11.9 Å². The second-order valence-electron chi connectivity index (χ2n) is 5.72. The van der Waals surface area contributed by atoms with Crippen LogP contribution in [0.1, 0.15) is 11.1 Å². The van der Waals surface area contributed by atoms with Crippen molar-refractivity contribution in [3.63, 3.8) is 0 Å². The number of hydrogen-bond donors (Lipinski definition) is 1. The zero-order valence-corrected chi connectivity index (χ0v) is 12.4. The summed E-state index contributed by atoms with van der Waals surface area (Å²) in [6.45, 7) is 0. The summed E-state index contributed by atoms with van der Waals surface area (Å²) < 4.78 is 0. The van der Waals surface area contributed by atoms with Gasteiger partial charge in [-0.3, -0.25) is 15.0 Å². The molecule has 22 heavy (non-hydrogen) atoms. The molecule has 2 aromatic rings. The highest BCUT2D eigenvalue weighted by Crippen LogP contribution is 2.40. The van der Waals surface area contributed by atoms with Crippen LogP contribution in [0.4, 0.5) is 10.5 Å². The van der Waals surface area contributed by atoms with E-state index in [1.807, 2.05) is 24.3 Å². The minimum Gasteiger partial charge on any atom is -0.278 e. The van der Waals surface area contributed by atoms with Gasteiger partial charge in [-0.2, -0.15) is 0 Å². The lowest BCUT2D eigenvalue weighted by molar-refractivity contribution is -0.123. The largest absolute Gasteiger partial charge is 0.329 e. The molecule has 0 radical (unpaired) electrons. The molecule has 0 atom stereocenters. The van der Waals surface area contributed by atoms with E-state index in [0.717, 1.165) is 11.1 Å². The van der Waals surface area contributed by atoms with Gasteiger partial charge in [-0.25, -0.2) is 4.79 Å². The van der Waals surface area contributed by atoms with E-state index in [4.69, 9.17) is 11.6 Å². The Morgan fingerprint density at radius 1 is 0.955 bits per heavy atom. The van der Waals surface area contributed by atoms with E-state index in [0.29, 0.717) is 23.6 Å². The van der Waals surface area contributed by atoms with Crippen molar-refractivity contribution in [2.24, 2.45) is 0 Å². The first-order chi connectivity index (χ1) is 10.6. The van der Waals surface area contributed by atoms with Crippen LogP contribution >= 0.6 is 11.6 Å². The molecule has 1 aliphatic carbocycles. The quantitative estimate of drug-likeness (QED) is 0.823. The number of carbonyl (C=O) groups is 2. The first-order valence-corrected chi connectivity index (χ1v) is 7.46. The van der Waals surface area contributed by atoms with Gasteiger partial charge in [-0.15, -0.1) is 0 Å². The number of imide groups is 1. The van der Waals surface area contributed by atoms with Gasteiger partial charge in [0.2, 0.25) is 0 Å². The fraction of sp³-hybridized carbons (Fsp3) is 0.176. The number of rotatable bonds is 1. The van der Waals surface area contributed by atoms with Gasteiger partial charge < -0.3 is 0 Å². The molecule has 4 nitrogen and oxygen atoms in total. The highest BCUT2D eigenvalue weighted by molar-refractivity contribution is 6.30. The molecule has 2 aliphatic rings. The van der Waals surface area contributed by atoms with Crippen LogP contribution in [-0.2, 0) is 17.6 Å². The fourth-order valence-corrected chi connectivity index (χ4v) is 3.56. The van der Waals surface area contributed by atoms with Gasteiger partial charge in [0.05, 0.1) is 0 Å². The van der Waals surface area contributed by atoms with Gasteiger partial charge in [-0.1, -0.05) is 35.9 Å². The molecule has 1 aliphatic heterocycles. The van der Waals surface area contributed by atoms with E-state index in [9.17, 15) is 9.59 Å². The molecule has 1 N–H and O–H groups in total. The maximum atomic E-state index is 12.5. The monoisotopic (exact) mass is 312 g/mol. The summed E-state index contributed by atoms with van der Waals surface area (Å²) in [5.74, 6) is -0.233. The van der Waals surface area contributed by atoms with Gasteiger partial charge in [-0.05, 0) is 35.4 Å². The minimum absolute atomic E-state index is 0.233. The zero-order valence-electron chi connectivity index (χ0n) is 11.7. The summed E-state index contributed by atoms with van der Waals surface area (Å²) in [6.07, 6.45) is 1.06. The van der Waals surface area contributed by atoms with Gasteiger partial charge >= 0.3 is 6.03 Å². The highest BCUT2D eigenvalue weighted by atomic mass is 35.5. The van der Waals surface area contributed by atoms with Crippen molar-refractivity contribution in [2.75, 3.05) is 4.90 Å². The molecule has 5 heteroatoms. The number of urea groups is 1. The van der Waals surface area contributed by atoms with Gasteiger partial charge in [0.25, 0.3) is 5.91 Å². The van der Waals surface area contributed by atoms with Crippen molar-refractivity contribution < 1.29 is 9.59 Å². The molecule has 4 rings (SSSR count). The molecule has 0 aromatic heterocycles. The van der Waals surface area contributed by atoms with E-state index in [1.165, 1.54) is 0 Å². The van der Waals surface area contributed by atoms with Gasteiger partial charge in [0, 0.05) is 23.6 Å². The maximum absolute atomic E-state index is 12.5. The number of nitrogens with zero attached hydrogens (tertiary/aromatic N) is 1. The molecule has 1 fully saturated rings. The van der Waals surface area contributed by atoms with Crippen LogP contribution in [0, 0.1) is 0 Å². The molecule has 2 aromatic carbocycles. The van der Waals surface area contributed by atoms with E-state index in [2.05, 4.69) is 5.32 Å². The molecular weight excluding hydrogens is 300 g/mol. The Labute approximate surface area is 132 Å². The summed E-state index contributed by atoms with van der Waals surface area (Å²) in [6, 6.07) is 14.6. The number of carbonyl (C=O) groups excluding carboxylic acids is 2. The maximum Gasteiger partial charge on any atom is 0.329 e. The van der Waals surface area contributed by atoms with Crippen molar-refractivity contribution >= 4 is 29.2 Å². The third-order valence-corrected chi connectivity index (χ3v) is 4.70. The molecule has 1 heterocycles. The standard InChI is InChI=1S/C17H13ClN2O2/c18-13-5-7-14(8-6-13)20-16(22)19-15(21)17(20)9-11-3-1-2-4-12(11)10-17/h1-8H,9-10H2,(H,19,21,22). The molecule has 1 spiro atoms. The molecule has 3 amide bonds. The number of benzene rings is 2. The molecule has 1 saturated heterocycles. The lowest BCUT2D eigenvalue weighted by Crippen LogP contribution is -2.51. The fourth-order valence-electron chi connectivity index (χ4n) is 3.43. The predicted molar refractivity (Wildman–Crippen MR) is 84.1 cm³/mol. The van der Waals surface area contributed by atoms with Crippen molar-refractivity contribution in [3.8, 4) is 0 Å². The summed E-state index contributed by atoms with van der Waals surface area (Å²) in [4.78, 5) is 26.4. The summed E-state index contributed by atoms with van der Waals surface area (Å²) in [7, 11) is 0. The van der Waals surface area contributed by atoms with Gasteiger partial charge in [0.1, 0.15) is 5.54 Å². The van der Waals surface area contributed by atoms with Crippen LogP contribution in [-0.4, -0.2) is 17.5 Å². The van der Waals surface area contributed by atoms with Crippen LogP contribution in [0.2, 0.25) is 5.02 Å². The Kier molecular flexibility index (Phi) is 2.78. The first-order valence-electron chi connectivity index (χ1n) is 7.08. The first kappa shape index (κ1) is 13.3. The van der Waals surface area contributed by atoms with E-state index in [1.54, 1.807) is 29.2 Å². The molecule has 0 unspecified atom stereocenters. The average Bonchev–Trinajstić information content (AvgIpc) is 2.99. The number of hydrogen-bond acceptors (Lipinski definition) is 2. The second kappa shape index (κ2) is 4.58. The average molecular weight is 313 g/mol. The van der Waals surface area contributed by atoms with Crippen molar-refractivity contribution in [1.29, 1.82) is 0 Å². The second-order valence-corrected chi connectivity index (χ2v) is 6.16. The Morgan fingerprint density at radius 3 is 2.14 bits per heavy atom. The lowest BCUT2D eigenvalue weighted by Gasteiger charge is -2.31. The normalized spacial score (nSPS) is 18.7. The van der Waals surface area contributed by atoms with Crippen LogP contribution in [0.3, 0.4) is 0 Å². The number of fused-ring (bicyclic) bond motifs is 1. The molecule has 0 saturated carbocycles. The van der Waals surface area contributed by atoms with Crippen molar-refractivity contribution in [3.05, 3.63) is 64.7 Å². The number of nitrogens with one attached hydrogen (secondary N) is 1. The van der Waals surface area contributed by atoms with Crippen LogP contribution < -0.4 is 10.2 Å². The van der Waals surface area contributed by atoms with E-state index >= 15 is 0 Å². The topological polar surface area (TPSA) is 49.4 Å². The van der Waals surface area contributed by atoms with Crippen molar-refractivity contribution in [1.82, 2.24) is 5.32 Å². The third kappa shape index (κ3) is 1.77. The lowest BCUT2D eigenvalue weighted by atomic mass is 9.93. The SMILES string of the molecule is O=C1NC(=O)C2(Cc3ccccc3C2)N1c1ccc(Cl)cc1. The Balaban J connectivity index is 1.82. The Hall–Kier alpha value is -2.33. The predicted octanol–water partition coefficient (Wildman–Crippen LogP) is 2.93. The number of halogens is 1. The summed E-state index contributed by atoms with van der Waals surface area (Å²) >= 11 is 5.92. The summed E-state index contributed by atoms with van der Waals surface area (Å²) in [5, 5.41) is 3.06.